The first-order valence-corrected chi connectivity index (χ1v) is 12.0. The number of rotatable bonds is 10. The SMILES string of the molecule is COc1ccc(N(CC(=O)NCCCN2CCc3ccccc32)S(C)(=O)=O)cc1OC. The predicted octanol–water partition coefficient (Wildman–Crippen LogP) is 2.04. The molecular weight excluding hydrogens is 418 g/mol. The van der Waals surface area contributed by atoms with E-state index in [-0.39, 0.29) is 12.5 Å². The summed E-state index contributed by atoms with van der Waals surface area (Å²) >= 11 is 0. The third kappa shape index (κ3) is 5.61. The van der Waals surface area contributed by atoms with Crippen molar-refractivity contribution in [3.8, 4) is 11.5 Å². The number of hydrogen-bond donors (Lipinski definition) is 1. The molecule has 1 aliphatic heterocycles. The van der Waals surface area contributed by atoms with Crippen molar-refractivity contribution in [3.05, 3.63) is 48.0 Å². The zero-order valence-corrected chi connectivity index (χ0v) is 18.9. The topological polar surface area (TPSA) is 88.2 Å². The maximum atomic E-state index is 12.5. The van der Waals surface area contributed by atoms with Gasteiger partial charge in [0.05, 0.1) is 26.2 Å². The van der Waals surface area contributed by atoms with Gasteiger partial charge >= 0.3 is 0 Å². The van der Waals surface area contributed by atoms with Crippen molar-refractivity contribution < 1.29 is 22.7 Å². The molecule has 2 aromatic carbocycles. The summed E-state index contributed by atoms with van der Waals surface area (Å²) in [6, 6.07) is 13.1. The van der Waals surface area contributed by atoms with E-state index in [1.54, 1.807) is 12.1 Å². The zero-order chi connectivity index (χ0) is 22.4. The molecule has 1 aliphatic rings. The number of carbonyl (C=O) groups is 1. The number of nitrogens with one attached hydrogen (secondary N) is 1. The van der Waals surface area contributed by atoms with Crippen molar-refractivity contribution in [2.45, 2.75) is 12.8 Å². The number of carbonyl (C=O) groups excluding carboxylic acids is 1. The molecule has 0 bridgehead atoms. The lowest BCUT2D eigenvalue weighted by molar-refractivity contribution is -0.119. The molecule has 0 saturated carbocycles. The number of amides is 1. The van der Waals surface area contributed by atoms with Gasteiger partial charge in [-0.2, -0.15) is 0 Å². The molecular formula is C22H29N3O5S. The van der Waals surface area contributed by atoms with Crippen LogP contribution in [0.15, 0.2) is 42.5 Å². The average molecular weight is 448 g/mol. The molecule has 0 spiro atoms. The molecule has 3 rings (SSSR count). The number of sulfonamides is 1. The molecule has 168 valence electrons. The molecule has 2 aromatic rings. The molecule has 0 aromatic heterocycles. The van der Waals surface area contributed by atoms with Crippen LogP contribution in [-0.4, -0.2) is 61.0 Å². The van der Waals surface area contributed by atoms with E-state index in [1.165, 1.54) is 31.5 Å². The molecule has 9 heteroatoms. The molecule has 0 radical (unpaired) electrons. The van der Waals surface area contributed by atoms with E-state index in [0.717, 1.165) is 36.5 Å². The zero-order valence-electron chi connectivity index (χ0n) is 18.1. The normalized spacial score (nSPS) is 12.9. The molecule has 8 nitrogen and oxygen atoms in total. The van der Waals surface area contributed by atoms with E-state index in [0.29, 0.717) is 23.7 Å². The summed E-state index contributed by atoms with van der Waals surface area (Å²) in [6.45, 7) is 1.99. The minimum Gasteiger partial charge on any atom is -0.493 e. The van der Waals surface area contributed by atoms with Crippen LogP contribution in [0.4, 0.5) is 11.4 Å². The van der Waals surface area contributed by atoms with Crippen molar-refractivity contribution in [2.24, 2.45) is 0 Å². The van der Waals surface area contributed by atoms with Crippen LogP contribution in [0, 0.1) is 0 Å². The summed E-state index contributed by atoms with van der Waals surface area (Å²) < 4.78 is 36.1. The van der Waals surface area contributed by atoms with Gasteiger partial charge in [0.25, 0.3) is 0 Å². The molecule has 1 N–H and O–H groups in total. The van der Waals surface area contributed by atoms with Gasteiger partial charge in [0.2, 0.25) is 15.9 Å². The van der Waals surface area contributed by atoms with Gasteiger partial charge in [0.1, 0.15) is 6.54 Å². The van der Waals surface area contributed by atoms with Gasteiger partial charge in [0, 0.05) is 31.4 Å². The first kappa shape index (κ1) is 22.7. The Morgan fingerprint density at radius 2 is 1.87 bits per heavy atom. The Morgan fingerprint density at radius 1 is 1.13 bits per heavy atom. The maximum Gasteiger partial charge on any atom is 0.240 e. The summed E-state index contributed by atoms with van der Waals surface area (Å²) in [5.74, 6) is 0.509. The van der Waals surface area contributed by atoms with E-state index in [4.69, 9.17) is 9.47 Å². The second-order valence-corrected chi connectivity index (χ2v) is 9.29. The van der Waals surface area contributed by atoms with Crippen LogP contribution in [0.1, 0.15) is 12.0 Å². The number of anilines is 2. The van der Waals surface area contributed by atoms with E-state index < -0.39 is 10.0 Å². The van der Waals surface area contributed by atoms with Crippen molar-refractivity contribution >= 4 is 27.3 Å². The fourth-order valence-electron chi connectivity index (χ4n) is 3.70. The van der Waals surface area contributed by atoms with Crippen LogP contribution in [-0.2, 0) is 21.2 Å². The Labute approximate surface area is 183 Å². The Kier molecular flexibility index (Phi) is 7.27. The second kappa shape index (κ2) is 9.91. The van der Waals surface area contributed by atoms with Crippen molar-refractivity contribution in [1.82, 2.24) is 5.32 Å². The molecule has 31 heavy (non-hydrogen) atoms. The van der Waals surface area contributed by atoms with Crippen molar-refractivity contribution in [2.75, 3.05) is 55.9 Å². The first-order valence-electron chi connectivity index (χ1n) is 10.1. The highest BCUT2D eigenvalue weighted by molar-refractivity contribution is 7.92. The monoisotopic (exact) mass is 447 g/mol. The van der Waals surface area contributed by atoms with E-state index in [1.807, 2.05) is 6.07 Å². The number of methoxy groups -OCH3 is 2. The fraction of sp³-hybridized carbons (Fsp3) is 0.409. The van der Waals surface area contributed by atoms with Crippen molar-refractivity contribution in [3.63, 3.8) is 0 Å². The maximum absolute atomic E-state index is 12.5. The number of hydrogen-bond acceptors (Lipinski definition) is 6. The van der Waals surface area contributed by atoms with Gasteiger partial charge in [-0.1, -0.05) is 18.2 Å². The van der Waals surface area contributed by atoms with Crippen LogP contribution in [0.2, 0.25) is 0 Å². The lowest BCUT2D eigenvalue weighted by Crippen LogP contribution is -2.41. The van der Waals surface area contributed by atoms with Crippen LogP contribution >= 0.6 is 0 Å². The third-order valence-corrected chi connectivity index (χ3v) is 6.39. The highest BCUT2D eigenvalue weighted by Crippen LogP contribution is 2.32. The standard InChI is InChI=1S/C22H29N3O5S/c1-29-20-10-9-18(15-21(20)30-2)25(31(3,27)28)16-22(26)23-12-6-13-24-14-11-17-7-4-5-8-19(17)24/h4-5,7-10,15H,6,11-14,16H2,1-3H3,(H,23,26). The Morgan fingerprint density at radius 3 is 2.58 bits per heavy atom. The van der Waals surface area contributed by atoms with Gasteiger partial charge < -0.3 is 19.7 Å². The lowest BCUT2D eigenvalue weighted by atomic mass is 10.2. The van der Waals surface area contributed by atoms with Crippen LogP contribution in [0.25, 0.3) is 0 Å². The molecule has 1 amide bonds. The van der Waals surface area contributed by atoms with Gasteiger partial charge in [-0.15, -0.1) is 0 Å². The fourth-order valence-corrected chi connectivity index (χ4v) is 4.55. The first-order chi connectivity index (χ1) is 14.8. The number of fused-ring (bicyclic) bond motifs is 1. The van der Waals surface area contributed by atoms with Gasteiger partial charge in [-0.25, -0.2) is 8.42 Å². The van der Waals surface area contributed by atoms with Gasteiger partial charge in [0.15, 0.2) is 11.5 Å². The molecule has 0 unspecified atom stereocenters. The quantitative estimate of drug-likeness (QED) is 0.561. The smallest absolute Gasteiger partial charge is 0.240 e. The van der Waals surface area contributed by atoms with E-state index >= 15 is 0 Å². The van der Waals surface area contributed by atoms with Crippen LogP contribution < -0.4 is 24.0 Å². The third-order valence-electron chi connectivity index (χ3n) is 5.25. The Balaban J connectivity index is 1.56. The molecule has 0 atom stereocenters. The summed E-state index contributed by atoms with van der Waals surface area (Å²) in [7, 11) is -0.697. The van der Waals surface area contributed by atoms with Gasteiger partial charge in [-0.05, 0) is 36.6 Å². The summed E-state index contributed by atoms with van der Waals surface area (Å²) in [4.78, 5) is 14.8. The lowest BCUT2D eigenvalue weighted by Gasteiger charge is -2.23. The average Bonchev–Trinajstić information content (AvgIpc) is 3.17. The highest BCUT2D eigenvalue weighted by Gasteiger charge is 2.22. The molecule has 0 fully saturated rings. The summed E-state index contributed by atoms with van der Waals surface area (Å²) in [6.07, 6.45) is 2.88. The number of ether oxygens (including phenoxy) is 2. The predicted molar refractivity (Wildman–Crippen MR) is 122 cm³/mol. The molecule has 0 aliphatic carbocycles. The van der Waals surface area contributed by atoms with Gasteiger partial charge in [-0.3, -0.25) is 9.10 Å². The number of para-hydroxylation sites is 1. The van der Waals surface area contributed by atoms with Crippen LogP contribution in [0.5, 0.6) is 11.5 Å². The highest BCUT2D eigenvalue weighted by atomic mass is 32.2. The molecule has 0 saturated heterocycles. The van der Waals surface area contributed by atoms with E-state index in [9.17, 15) is 13.2 Å². The number of benzene rings is 2. The Hall–Kier alpha value is -2.94. The minimum atomic E-state index is -3.67. The summed E-state index contributed by atoms with van der Waals surface area (Å²) in [5.41, 5.74) is 2.94. The Bertz CT molecular complexity index is 1030. The van der Waals surface area contributed by atoms with E-state index in [2.05, 4.69) is 28.4 Å². The number of nitrogens with zero attached hydrogens (tertiary/aromatic N) is 2. The summed E-state index contributed by atoms with van der Waals surface area (Å²) in [5, 5.41) is 2.83. The van der Waals surface area contributed by atoms with Crippen molar-refractivity contribution in [1.29, 1.82) is 0 Å². The molecule has 1 heterocycles. The second-order valence-electron chi connectivity index (χ2n) is 7.38. The van der Waals surface area contributed by atoms with Crippen LogP contribution in [0.3, 0.4) is 0 Å². The minimum absolute atomic E-state index is 0.305. The largest absolute Gasteiger partial charge is 0.493 e.